The van der Waals surface area contributed by atoms with Gasteiger partial charge >= 0.3 is 5.97 Å². The molecule has 0 heterocycles. The minimum absolute atomic E-state index is 0.0553. The smallest absolute Gasteiger partial charge is 0.338 e. The van der Waals surface area contributed by atoms with Gasteiger partial charge in [-0.15, -0.1) is 0 Å². The van der Waals surface area contributed by atoms with E-state index in [4.69, 9.17) is 5.11 Å². The maximum Gasteiger partial charge on any atom is 0.338 e. The number of carboxylic acids is 1. The average Bonchev–Trinajstić information content (AvgIpc) is 2.33. The molecule has 20 heavy (non-hydrogen) atoms. The summed E-state index contributed by atoms with van der Waals surface area (Å²) in [4.78, 5) is 20.9. The highest BCUT2D eigenvalue weighted by Crippen LogP contribution is 2.33. The van der Waals surface area contributed by atoms with Crippen molar-refractivity contribution < 1.29 is 24.3 Å². The summed E-state index contributed by atoms with van der Waals surface area (Å²) in [5, 5.41) is 32.2. The molecule has 0 atom stereocenters. The second-order valence-corrected chi connectivity index (χ2v) is 4.84. The number of halogens is 1. The summed E-state index contributed by atoms with van der Waals surface area (Å²) < 4.78 is 13.6. The van der Waals surface area contributed by atoms with Crippen molar-refractivity contribution in [2.45, 2.75) is 24.9 Å². The summed E-state index contributed by atoms with van der Waals surface area (Å²) in [5.74, 6) is -2.64. The van der Waals surface area contributed by atoms with Crippen molar-refractivity contribution in [1.29, 1.82) is 0 Å². The van der Waals surface area contributed by atoms with Crippen LogP contribution in [0.1, 0.15) is 29.6 Å². The molecule has 1 aromatic carbocycles. The Labute approximate surface area is 113 Å². The molecule has 108 valence electrons. The SMILES string of the molecule is O=C(O)c1cc([N+](=O)[O-])c(NCC2(O)CCC2)cc1F. The van der Waals surface area contributed by atoms with Crippen LogP contribution in [0.4, 0.5) is 15.8 Å². The maximum absolute atomic E-state index is 13.6. The number of aromatic carboxylic acids is 1. The maximum atomic E-state index is 13.6. The predicted octanol–water partition coefficient (Wildman–Crippen LogP) is 1.76. The Bertz CT molecular complexity index is 571. The van der Waals surface area contributed by atoms with Gasteiger partial charge in [-0.3, -0.25) is 10.1 Å². The third-order valence-corrected chi connectivity index (χ3v) is 3.40. The van der Waals surface area contributed by atoms with E-state index in [2.05, 4.69) is 5.32 Å². The molecule has 1 aromatic rings. The fourth-order valence-corrected chi connectivity index (χ4v) is 2.04. The Morgan fingerprint density at radius 1 is 1.50 bits per heavy atom. The van der Waals surface area contributed by atoms with Gasteiger partial charge in [0.05, 0.1) is 10.5 Å². The molecule has 8 heteroatoms. The first kappa shape index (κ1) is 14.2. The molecule has 0 bridgehead atoms. The minimum atomic E-state index is -1.57. The summed E-state index contributed by atoms with van der Waals surface area (Å²) in [7, 11) is 0. The monoisotopic (exact) mass is 284 g/mol. The van der Waals surface area contributed by atoms with Gasteiger partial charge in [0, 0.05) is 18.7 Å². The highest BCUT2D eigenvalue weighted by Gasteiger charge is 2.34. The number of nitro benzene ring substituents is 1. The zero-order valence-electron chi connectivity index (χ0n) is 10.4. The Kier molecular flexibility index (Phi) is 3.58. The number of carbonyl (C=O) groups is 1. The van der Waals surface area contributed by atoms with Gasteiger partial charge in [0.2, 0.25) is 0 Å². The van der Waals surface area contributed by atoms with Gasteiger partial charge < -0.3 is 15.5 Å². The summed E-state index contributed by atoms with van der Waals surface area (Å²) >= 11 is 0. The number of nitrogens with one attached hydrogen (secondary N) is 1. The van der Waals surface area contributed by atoms with Crippen LogP contribution in [-0.4, -0.2) is 33.3 Å². The standard InChI is InChI=1S/C12H13FN2O5/c13-8-5-9(14-6-12(18)2-1-3-12)10(15(19)20)4-7(8)11(16)17/h4-5,14,18H,1-3,6H2,(H,16,17). The Morgan fingerprint density at radius 3 is 2.60 bits per heavy atom. The Morgan fingerprint density at radius 2 is 2.15 bits per heavy atom. The first-order chi connectivity index (χ1) is 9.32. The number of nitrogens with zero attached hydrogens (tertiary/aromatic N) is 1. The van der Waals surface area contributed by atoms with Gasteiger partial charge in [-0.25, -0.2) is 9.18 Å². The van der Waals surface area contributed by atoms with Gasteiger partial charge in [-0.2, -0.15) is 0 Å². The predicted molar refractivity (Wildman–Crippen MR) is 67.3 cm³/mol. The van der Waals surface area contributed by atoms with Gasteiger partial charge in [-0.05, 0) is 19.3 Å². The van der Waals surface area contributed by atoms with Crippen LogP contribution in [0.5, 0.6) is 0 Å². The van der Waals surface area contributed by atoms with Crippen LogP contribution >= 0.6 is 0 Å². The van der Waals surface area contributed by atoms with E-state index in [1.807, 2.05) is 0 Å². The second-order valence-electron chi connectivity index (χ2n) is 4.84. The molecule has 0 spiro atoms. The largest absolute Gasteiger partial charge is 0.478 e. The van der Waals surface area contributed by atoms with Gasteiger partial charge in [0.15, 0.2) is 0 Å². The Hall–Kier alpha value is -2.22. The third kappa shape index (κ3) is 2.69. The number of hydrogen-bond acceptors (Lipinski definition) is 5. The van der Waals surface area contributed by atoms with E-state index in [0.717, 1.165) is 12.5 Å². The molecule has 0 amide bonds. The van der Waals surface area contributed by atoms with Crippen molar-refractivity contribution in [2.24, 2.45) is 0 Å². The lowest BCUT2D eigenvalue weighted by Crippen LogP contribution is -2.43. The van der Waals surface area contributed by atoms with E-state index < -0.39 is 33.6 Å². The van der Waals surface area contributed by atoms with Crippen molar-refractivity contribution in [3.8, 4) is 0 Å². The zero-order chi connectivity index (χ0) is 14.9. The number of benzene rings is 1. The molecule has 2 rings (SSSR count). The van der Waals surface area contributed by atoms with E-state index in [-0.39, 0.29) is 12.2 Å². The van der Waals surface area contributed by atoms with Crippen LogP contribution in [0.3, 0.4) is 0 Å². The van der Waals surface area contributed by atoms with Crippen LogP contribution in [0.25, 0.3) is 0 Å². The van der Waals surface area contributed by atoms with Gasteiger partial charge in [-0.1, -0.05) is 0 Å². The Balaban J connectivity index is 2.28. The normalized spacial score (nSPS) is 16.3. The molecule has 0 saturated heterocycles. The number of hydrogen-bond donors (Lipinski definition) is 3. The molecule has 7 nitrogen and oxygen atoms in total. The average molecular weight is 284 g/mol. The zero-order valence-corrected chi connectivity index (χ0v) is 10.4. The molecule has 1 saturated carbocycles. The summed E-state index contributed by atoms with van der Waals surface area (Å²) in [6, 6.07) is 1.44. The number of aliphatic hydroxyl groups is 1. The second kappa shape index (κ2) is 5.04. The van der Waals surface area contributed by atoms with Crippen molar-refractivity contribution in [3.63, 3.8) is 0 Å². The molecule has 0 unspecified atom stereocenters. The van der Waals surface area contributed by atoms with E-state index >= 15 is 0 Å². The molecule has 1 aliphatic rings. The lowest BCUT2D eigenvalue weighted by Gasteiger charge is -2.36. The highest BCUT2D eigenvalue weighted by molar-refractivity contribution is 5.90. The minimum Gasteiger partial charge on any atom is -0.478 e. The number of rotatable bonds is 5. The summed E-state index contributed by atoms with van der Waals surface area (Å²) in [6.45, 7) is 0.0553. The number of nitro groups is 1. The molecular formula is C12H13FN2O5. The van der Waals surface area contributed by atoms with Crippen LogP contribution in [0.15, 0.2) is 12.1 Å². The first-order valence-corrected chi connectivity index (χ1v) is 6.00. The van der Waals surface area contributed by atoms with Gasteiger partial charge in [0.1, 0.15) is 17.1 Å². The first-order valence-electron chi connectivity index (χ1n) is 6.00. The molecule has 0 radical (unpaired) electrons. The fourth-order valence-electron chi connectivity index (χ4n) is 2.04. The van der Waals surface area contributed by atoms with Crippen molar-refractivity contribution in [1.82, 2.24) is 0 Å². The van der Waals surface area contributed by atoms with E-state index in [0.29, 0.717) is 18.9 Å². The molecular weight excluding hydrogens is 271 g/mol. The van der Waals surface area contributed by atoms with E-state index in [9.17, 15) is 24.4 Å². The van der Waals surface area contributed by atoms with E-state index in [1.54, 1.807) is 0 Å². The molecule has 0 aromatic heterocycles. The van der Waals surface area contributed by atoms with Crippen molar-refractivity contribution >= 4 is 17.3 Å². The lowest BCUT2D eigenvalue weighted by atomic mass is 9.80. The van der Waals surface area contributed by atoms with Gasteiger partial charge in [0.25, 0.3) is 5.69 Å². The van der Waals surface area contributed by atoms with Crippen molar-refractivity contribution in [2.75, 3.05) is 11.9 Å². The fraction of sp³-hybridized carbons (Fsp3) is 0.417. The molecule has 1 fully saturated rings. The van der Waals surface area contributed by atoms with E-state index in [1.165, 1.54) is 0 Å². The topological polar surface area (TPSA) is 113 Å². The molecule has 0 aliphatic heterocycles. The number of carboxylic acid groups (broad SMARTS) is 1. The highest BCUT2D eigenvalue weighted by atomic mass is 19.1. The van der Waals surface area contributed by atoms with Crippen LogP contribution in [0, 0.1) is 15.9 Å². The molecule has 1 aliphatic carbocycles. The lowest BCUT2D eigenvalue weighted by molar-refractivity contribution is -0.384. The molecule has 3 N–H and O–H groups in total. The van der Waals surface area contributed by atoms with Crippen LogP contribution in [0.2, 0.25) is 0 Å². The third-order valence-electron chi connectivity index (χ3n) is 3.40. The van der Waals surface area contributed by atoms with Crippen LogP contribution in [-0.2, 0) is 0 Å². The summed E-state index contributed by atoms with van der Waals surface area (Å²) in [6.07, 6.45) is 2.01. The quantitative estimate of drug-likeness (QED) is 0.561. The van der Waals surface area contributed by atoms with Crippen LogP contribution < -0.4 is 5.32 Å². The summed E-state index contributed by atoms with van der Waals surface area (Å²) in [5.41, 5.74) is -2.37. The number of anilines is 1. The van der Waals surface area contributed by atoms with Crippen molar-refractivity contribution in [3.05, 3.63) is 33.6 Å².